The second-order valence-electron chi connectivity index (χ2n) is 7.84. The van der Waals surface area contributed by atoms with E-state index in [2.05, 4.69) is 51.5 Å². The Morgan fingerprint density at radius 1 is 1.03 bits per heavy atom. The highest BCUT2D eigenvalue weighted by Crippen LogP contribution is 2.25. The van der Waals surface area contributed by atoms with Crippen LogP contribution < -0.4 is 10.2 Å². The van der Waals surface area contributed by atoms with E-state index >= 15 is 0 Å². The zero-order chi connectivity index (χ0) is 20.9. The Balaban J connectivity index is 1.46. The first-order valence-corrected chi connectivity index (χ1v) is 10.5. The molecule has 30 heavy (non-hydrogen) atoms. The molecule has 0 saturated carbocycles. The molecule has 1 amide bonds. The van der Waals surface area contributed by atoms with Gasteiger partial charge in [0.1, 0.15) is 0 Å². The topological polar surface area (TPSA) is 44.8 Å². The largest absolute Gasteiger partial charge is 0.378 e. The van der Waals surface area contributed by atoms with E-state index in [4.69, 9.17) is 4.74 Å². The molecular weight excluding hydrogens is 374 g/mol. The number of hydrogen-bond donors (Lipinski definition) is 1. The van der Waals surface area contributed by atoms with E-state index in [1.807, 2.05) is 44.3 Å². The number of amides is 1. The number of nitrogens with one attached hydrogen (secondary N) is 1. The lowest BCUT2D eigenvalue weighted by molar-refractivity contribution is -0.120. The van der Waals surface area contributed by atoms with Crippen LogP contribution in [0, 0.1) is 0 Å². The third-order valence-electron chi connectivity index (χ3n) is 5.85. The molecule has 0 aliphatic carbocycles. The van der Waals surface area contributed by atoms with Crippen molar-refractivity contribution in [2.24, 2.45) is 0 Å². The van der Waals surface area contributed by atoms with Gasteiger partial charge in [-0.25, -0.2) is 0 Å². The highest BCUT2D eigenvalue weighted by molar-refractivity contribution is 6.03. The smallest absolute Gasteiger partial charge is 0.241 e. The van der Waals surface area contributed by atoms with Crippen LogP contribution in [0.5, 0.6) is 0 Å². The Morgan fingerprint density at radius 2 is 1.73 bits per heavy atom. The molecule has 0 radical (unpaired) electrons. The van der Waals surface area contributed by atoms with Gasteiger partial charge in [0.25, 0.3) is 0 Å². The molecule has 1 heterocycles. The lowest BCUT2D eigenvalue weighted by Gasteiger charge is -2.32. The molecule has 1 saturated heterocycles. The quantitative estimate of drug-likeness (QED) is 0.672. The van der Waals surface area contributed by atoms with Gasteiger partial charge < -0.3 is 15.0 Å². The maximum Gasteiger partial charge on any atom is 0.241 e. The maximum absolute atomic E-state index is 13.0. The van der Waals surface area contributed by atoms with E-state index in [0.29, 0.717) is 6.54 Å². The fraction of sp³-hybridized carbons (Fsp3) is 0.320. The second kappa shape index (κ2) is 9.28. The van der Waals surface area contributed by atoms with E-state index in [1.165, 1.54) is 11.3 Å². The summed E-state index contributed by atoms with van der Waals surface area (Å²) in [5.41, 5.74) is 3.31. The summed E-state index contributed by atoms with van der Waals surface area (Å²) in [7, 11) is 2.00. The summed E-state index contributed by atoms with van der Waals surface area (Å²) >= 11 is 0. The molecule has 5 heteroatoms. The lowest BCUT2D eigenvalue weighted by atomic mass is 10.1. The summed E-state index contributed by atoms with van der Waals surface area (Å²) in [6.07, 6.45) is 0. The number of benzene rings is 3. The normalized spacial score (nSPS) is 15.4. The number of anilines is 2. The summed E-state index contributed by atoms with van der Waals surface area (Å²) in [6, 6.07) is 22.3. The molecule has 1 fully saturated rings. The van der Waals surface area contributed by atoms with Crippen molar-refractivity contribution in [3.63, 3.8) is 0 Å². The number of ether oxygens (including phenoxy) is 1. The minimum atomic E-state index is -0.262. The van der Waals surface area contributed by atoms with Gasteiger partial charge in [-0.05, 0) is 37.1 Å². The van der Waals surface area contributed by atoms with Crippen molar-refractivity contribution in [2.75, 3.05) is 43.6 Å². The second-order valence-corrected chi connectivity index (χ2v) is 7.84. The van der Waals surface area contributed by atoms with E-state index in [-0.39, 0.29) is 11.9 Å². The van der Waals surface area contributed by atoms with Crippen molar-refractivity contribution < 1.29 is 9.53 Å². The third-order valence-corrected chi connectivity index (χ3v) is 5.85. The summed E-state index contributed by atoms with van der Waals surface area (Å²) in [6.45, 7) is 5.98. The van der Waals surface area contributed by atoms with Gasteiger partial charge in [-0.1, -0.05) is 54.6 Å². The summed E-state index contributed by atoms with van der Waals surface area (Å²) in [5, 5.41) is 5.30. The zero-order valence-electron chi connectivity index (χ0n) is 17.7. The number of para-hydroxylation sites is 1. The van der Waals surface area contributed by atoms with Gasteiger partial charge in [-0.3, -0.25) is 9.69 Å². The first kappa shape index (κ1) is 20.4. The highest BCUT2D eigenvalue weighted by atomic mass is 16.5. The Labute approximate surface area is 178 Å². The highest BCUT2D eigenvalue weighted by Gasteiger charge is 2.21. The molecule has 0 spiro atoms. The van der Waals surface area contributed by atoms with Gasteiger partial charge >= 0.3 is 0 Å². The Bertz CT molecular complexity index is 1010. The molecular formula is C25H29N3O2. The number of nitrogens with zero attached hydrogens (tertiary/aromatic N) is 2. The molecule has 0 aromatic heterocycles. The Morgan fingerprint density at radius 3 is 2.57 bits per heavy atom. The van der Waals surface area contributed by atoms with Crippen LogP contribution >= 0.6 is 0 Å². The molecule has 1 N–H and O–H groups in total. The van der Waals surface area contributed by atoms with Gasteiger partial charge in [0.2, 0.25) is 5.91 Å². The van der Waals surface area contributed by atoms with Crippen LogP contribution in [0.15, 0.2) is 66.7 Å². The first-order valence-electron chi connectivity index (χ1n) is 10.5. The van der Waals surface area contributed by atoms with Gasteiger partial charge in [0.15, 0.2) is 0 Å². The zero-order valence-corrected chi connectivity index (χ0v) is 17.7. The molecule has 1 atom stereocenters. The summed E-state index contributed by atoms with van der Waals surface area (Å²) in [5.74, 6) is -0.00212. The van der Waals surface area contributed by atoms with Crippen molar-refractivity contribution in [2.45, 2.75) is 19.5 Å². The Hall–Kier alpha value is -2.89. The average molecular weight is 404 g/mol. The van der Waals surface area contributed by atoms with Gasteiger partial charge in [-0.2, -0.15) is 0 Å². The van der Waals surface area contributed by atoms with E-state index < -0.39 is 0 Å². The first-order chi connectivity index (χ1) is 14.6. The minimum Gasteiger partial charge on any atom is -0.378 e. The lowest BCUT2D eigenvalue weighted by Crippen LogP contribution is -2.40. The minimum absolute atomic E-state index is 0.00212. The predicted octanol–water partition coefficient (Wildman–Crippen LogP) is 4.14. The van der Waals surface area contributed by atoms with Crippen LogP contribution in [-0.2, 0) is 16.1 Å². The van der Waals surface area contributed by atoms with Crippen molar-refractivity contribution in [1.29, 1.82) is 0 Å². The average Bonchev–Trinajstić information content (AvgIpc) is 2.79. The van der Waals surface area contributed by atoms with Crippen LogP contribution in [-0.4, -0.2) is 50.2 Å². The molecule has 156 valence electrons. The fourth-order valence-electron chi connectivity index (χ4n) is 3.93. The number of morpholine rings is 1. The number of rotatable bonds is 6. The van der Waals surface area contributed by atoms with Gasteiger partial charge in [0, 0.05) is 36.4 Å². The molecule has 1 aliphatic rings. The summed E-state index contributed by atoms with van der Waals surface area (Å²) < 4.78 is 5.49. The van der Waals surface area contributed by atoms with Gasteiger partial charge in [-0.15, -0.1) is 0 Å². The van der Waals surface area contributed by atoms with Crippen molar-refractivity contribution >= 4 is 28.1 Å². The fourth-order valence-corrected chi connectivity index (χ4v) is 3.93. The maximum atomic E-state index is 13.0. The third kappa shape index (κ3) is 4.48. The van der Waals surface area contributed by atoms with Crippen molar-refractivity contribution in [1.82, 2.24) is 4.90 Å². The van der Waals surface area contributed by atoms with Crippen LogP contribution in [0.4, 0.5) is 11.4 Å². The molecule has 0 bridgehead atoms. The van der Waals surface area contributed by atoms with E-state index in [9.17, 15) is 4.79 Å². The Kier molecular flexibility index (Phi) is 6.31. The van der Waals surface area contributed by atoms with Crippen molar-refractivity contribution in [3.8, 4) is 0 Å². The van der Waals surface area contributed by atoms with Crippen molar-refractivity contribution in [3.05, 3.63) is 72.3 Å². The molecule has 5 nitrogen and oxygen atoms in total. The number of likely N-dealkylation sites (N-methyl/N-ethyl adjacent to an activating group) is 1. The molecule has 1 unspecified atom stereocenters. The molecule has 4 rings (SSSR count). The van der Waals surface area contributed by atoms with Crippen LogP contribution in [0.25, 0.3) is 10.8 Å². The van der Waals surface area contributed by atoms with Crippen LogP contribution in [0.1, 0.15) is 12.5 Å². The monoisotopic (exact) mass is 403 g/mol. The van der Waals surface area contributed by atoms with E-state index in [1.54, 1.807) is 0 Å². The predicted molar refractivity (Wildman–Crippen MR) is 123 cm³/mol. The van der Waals surface area contributed by atoms with E-state index in [0.717, 1.165) is 42.8 Å². The molecule has 3 aromatic carbocycles. The SMILES string of the molecule is CC(C(=O)Nc1cccc2ccccc12)N(C)Cc1ccccc1N1CCOCC1. The standard InChI is InChI=1S/C25H29N3O2/c1-19(25(29)26-23-12-7-10-20-8-3-5-11-22(20)23)27(2)18-21-9-4-6-13-24(21)28-14-16-30-17-15-28/h3-13,19H,14-18H2,1-2H3,(H,26,29). The molecule has 1 aliphatic heterocycles. The number of carbonyl (C=O) groups is 1. The van der Waals surface area contributed by atoms with Crippen LogP contribution in [0.2, 0.25) is 0 Å². The van der Waals surface area contributed by atoms with Gasteiger partial charge in [0.05, 0.1) is 19.3 Å². The number of hydrogen-bond acceptors (Lipinski definition) is 4. The molecule has 3 aromatic rings. The number of carbonyl (C=O) groups excluding carboxylic acids is 1. The number of fused-ring (bicyclic) bond motifs is 1. The van der Waals surface area contributed by atoms with Crippen LogP contribution in [0.3, 0.4) is 0 Å². The summed E-state index contributed by atoms with van der Waals surface area (Å²) in [4.78, 5) is 17.5.